The van der Waals surface area contributed by atoms with Gasteiger partial charge in [0.05, 0.1) is 12.5 Å². The predicted octanol–water partition coefficient (Wildman–Crippen LogP) is 2.49. The molecule has 0 amide bonds. The van der Waals surface area contributed by atoms with Crippen LogP contribution in [-0.2, 0) is 10.9 Å². The number of Topliss-reactive ketones (excluding diaryl/α,β-unsaturated/α-hetero) is 1. The van der Waals surface area contributed by atoms with Gasteiger partial charge in [-0.05, 0) is 23.0 Å². The van der Waals surface area contributed by atoms with Crippen molar-refractivity contribution < 1.29 is 9.21 Å². The van der Waals surface area contributed by atoms with Crippen LogP contribution in [0.15, 0.2) is 34.7 Å². The Morgan fingerprint density at radius 3 is 2.73 bits per heavy atom. The summed E-state index contributed by atoms with van der Waals surface area (Å²) in [5.41, 5.74) is 0.785. The van der Waals surface area contributed by atoms with Gasteiger partial charge in [-0.1, -0.05) is 18.2 Å². The van der Waals surface area contributed by atoms with E-state index >= 15 is 0 Å². The summed E-state index contributed by atoms with van der Waals surface area (Å²) in [5, 5.41) is 0.993. The molecule has 0 fully saturated rings. The van der Waals surface area contributed by atoms with Gasteiger partial charge in [-0.2, -0.15) is 0 Å². The SMILES string of the molecule is C[S+](C)CC(=O)c1cc2ccccc2o1. The van der Waals surface area contributed by atoms with Crippen LogP contribution in [0.2, 0.25) is 0 Å². The van der Waals surface area contributed by atoms with Crippen molar-refractivity contribution in [2.24, 2.45) is 0 Å². The van der Waals surface area contributed by atoms with Crippen LogP contribution in [0.3, 0.4) is 0 Å². The third kappa shape index (κ3) is 2.23. The van der Waals surface area contributed by atoms with E-state index in [0.29, 0.717) is 11.5 Å². The molecule has 1 aromatic carbocycles. The molecule has 0 radical (unpaired) electrons. The van der Waals surface area contributed by atoms with Crippen molar-refractivity contribution in [3.8, 4) is 0 Å². The van der Waals surface area contributed by atoms with E-state index in [4.69, 9.17) is 4.42 Å². The molecule has 1 heterocycles. The summed E-state index contributed by atoms with van der Waals surface area (Å²) in [6, 6.07) is 9.50. The molecule has 0 atom stereocenters. The van der Waals surface area contributed by atoms with Gasteiger partial charge in [0.2, 0.25) is 5.78 Å². The van der Waals surface area contributed by atoms with Gasteiger partial charge in [0.15, 0.2) is 11.5 Å². The van der Waals surface area contributed by atoms with Crippen LogP contribution in [0, 0.1) is 0 Å². The van der Waals surface area contributed by atoms with Gasteiger partial charge < -0.3 is 4.42 Å². The summed E-state index contributed by atoms with van der Waals surface area (Å²) in [6.45, 7) is 0. The monoisotopic (exact) mass is 221 g/mol. The third-order valence-electron chi connectivity index (χ3n) is 2.12. The number of furan rings is 1. The smallest absolute Gasteiger partial charge is 0.246 e. The van der Waals surface area contributed by atoms with Crippen molar-refractivity contribution in [3.05, 3.63) is 36.1 Å². The molecular formula is C12H13O2S+. The lowest BCUT2D eigenvalue weighted by Gasteiger charge is -1.93. The molecule has 1 aromatic heterocycles. The number of benzene rings is 1. The molecule has 2 rings (SSSR count). The fourth-order valence-corrected chi connectivity index (χ4v) is 2.12. The number of carbonyl (C=O) groups is 1. The van der Waals surface area contributed by atoms with E-state index < -0.39 is 0 Å². The summed E-state index contributed by atoms with van der Waals surface area (Å²) < 4.78 is 5.49. The zero-order valence-corrected chi connectivity index (χ0v) is 9.64. The molecule has 0 aliphatic heterocycles. The average Bonchev–Trinajstić information content (AvgIpc) is 2.59. The van der Waals surface area contributed by atoms with E-state index in [2.05, 4.69) is 12.5 Å². The molecule has 0 aliphatic rings. The van der Waals surface area contributed by atoms with Gasteiger partial charge in [-0.15, -0.1) is 0 Å². The lowest BCUT2D eigenvalue weighted by Crippen LogP contribution is -2.12. The molecule has 0 N–H and O–H groups in total. The Hall–Kier alpha value is -1.22. The van der Waals surface area contributed by atoms with Gasteiger partial charge in [-0.25, -0.2) is 0 Å². The lowest BCUT2D eigenvalue weighted by molar-refractivity contribution is 0.0994. The molecule has 3 heteroatoms. The molecule has 0 aliphatic carbocycles. The van der Waals surface area contributed by atoms with E-state index in [1.165, 1.54) is 0 Å². The first-order valence-corrected chi connectivity index (χ1v) is 6.94. The fraction of sp³-hybridized carbons (Fsp3) is 0.250. The number of rotatable bonds is 3. The molecule has 78 valence electrons. The van der Waals surface area contributed by atoms with Crippen molar-refractivity contribution in [3.63, 3.8) is 0 Å². The number of para-hydroxylation sites is 1. The second-order valence-electron chi connectivity index (χ2n) is 3.70. The highest BCUT2D eigenvalue weighted by atomic mass is 32.2. The van der Waals surface area contributed by atoms with Gasteiger partial charge in [-0.3, -0.25) is 4.79 Å². The van der Waals surface area contributed by atoms with Crippen LogP contribution < -0.4 is 0 Å². The molecule has 0 saturated heterocycles. The Labute approximate surface area is 91.6 Å². The van der Waals surface area contributed by atoms with Crippen LogP contribution in [0.5, 0.6) is 0 Å². The van der Waals surface area contributed by atoms with E-state index in [9.17, 15) is 4.79 Å². The zero-order chi connectivity index (χ0) is 10.8. The fourth-order valence-electron chi connectivity index (χ4n) is 1.45. The van der Waals surface area contributed by atoms with E-state index in [-0.39, 0.29) is 16.7 Å². The Morgan fingerprint density at radius 2 is 2.07 bits per heavy atom. The second-order valence-corrected chi connectivity index (χ2v) is 5.96. The Morgan fingerprint density at radius 1 is 1.33 bits per heavy atom. The topological polar surface area (TPSA) is 30.2 Å². The molecule has 15 heavy (non-hydrogen) atoms. The van der Waals surface area contributed by atoms with Crippen LogP contribution >= 0.6 is 0 Å². The largest absolute Gasteiger partial charge is 0.453 e. The van der Waals surface area contributed by atoms with Crippen molar-refractivity contribution in [1.29, 1.82) is 0 Å². The number of fused-ring (bicyclic) bond motifs is 1. The number of hydrogen-bond acceptors (Lipinski definition) is 2. The van der Waals surface area contributed by atoms with Crippen LogP contribution in [0.25, 0.3) is 11.0 Å². The normalized spacial score (nSPS) is 11.1. The van der Waals surface area contributed by atoms with Gasteiger partial charge in [0.25, 0.3) is 0 Å². The maximum Gasteiger partial charge on any atom is 0.246 e. The standard InChI is InChI=1S/C12H13O2S/c1-15(2)8-10(13)12-7-9-5-3-4-6-11(9)14-12/h3-7H,8H2,1-2H3/q+1. The summed E-state index contributed by atoms with van der Waals surface area (Å²) in [5.74, 6) is 1.15. The molecular weight excluding hydrogens is 208 g/mol. The lowest BCUT2D eigenvalue weighted by atomic mass is 10.2. The van der Waals surface area contributed by atoms with E-state index in [1.807, 2.05) is 30.3 Å². The summed E-state index contributed by atoms with van der Waals surface area (Å²) in [4.78, 5) is 11.7. The third-order valence-corrected chi connectivity index (χ3v) is 2.96. The minimum Gasteiger partial charge on any atom is -0.453 e. The van der Waals surface area contributed by atoms with Crippen LogP contribution in [-0.4, -0.2) is 24.0 Å². The quantitative estimate of drug-likeness (QED) is 0.589. The molecule has 0 bridgehead atoms. The molecule has 0 unspecified atom stereocenters. The van der Waals surface area contributed by atoms with Crippen molar-refractivity contribution in [2.75, 3.05) is 18.3 Å². The minimum absolute atomic E-state index is 0.0968. The van der Waals surface area contributed by atoms with Crippen molar-refractivity contribution in [2.45, 2.75) is 0 Å². The molecule has 0 saturated carbocycles. The highest BCUT2D eigenvalue weighted by Gasteiger charge is 2.17. The summed E-state index contributed by atoms with van der Waals surface area (Å²) in [7, 11) is 0.123. The second kappa shape index (κ2) is 4.11. The van der Waals surface area contributed by atoms with E-state index in [1.54, 1.807) is 0 Å². The zero-order valence-electron chi connectivity index (χ0n) is 8.82. The maximum atomic E-state index is 11.7. The van der Waals surface area contributed by atoms with Crippen molar-refractivity contribution in [1.82, 2.24) is 0 Å². The first kappa shape index (κ1) is 10.3. The highest BCUT2D eigenvalue weighted by molar-refractivity contribution is 7.96. The predicted molar refractivity (Wildman–Crippen MR) is 64.6 cm³/mol. The number of carbonyl (C=O) groups excluding carboxylic acids is 1. The van der Waals surface area contributed by atoms with Gasteiger partial charge in [0, 0.05) is 5.39 Å². The summed E-state index contributed by atoms with van der Waals surface area (Å²) in [6.07, 6.45) is 4.11. The van der Waals surface area contributed by atoms with E-state index in [0.717, 1.165) is 11.0 Å². The molecule has 0 spiro atoms. The van der Waals surface area contributed by atoms with Crippen molar-refractivity contribution >= 4 is 27.6 Å². The molecule has 2 aromatic rings. The first-order chi connectivity index (χ1) is 7.16. The first-order valence-electron chi connectivity index (χ1n) is 4.73. The van der Waals surface area contributed by atoms with Crippen LogP contribution in [0.4, 0.5) is 0 Å². The summed E-state index contributed by atoms with van der Waals surface area (Å²) >= 11 is 0. The van der Waals surface area contributed by atoms with Crippen LogP contribution in [0.1, 0.15) is 10.6 Å². The number of hydrogen-bond donors (Lipinski definition) is 0. The Kier molecular flexibility index (Phi) is 2.82. The van der Waals surface area contributed by atoms with Gasteiger partial charge in [0.1, 0.15) is 5.58 Å². The minimum atomic E-state index is 0.0968. The number of ketones is 1. The molecule has 2 nitrogen and oxygen atoms in total. The highest BCUT2D eigenvalue weighted by Crippen LogP contribution is 2.19. The Bertz CT molecular complexity index is 452. The average molecular weight is 221 g/mol. The maximum absolute atomic E-state index is 11.7. The Balaban J connectivity index is 2.32. The van der Waals surface area contributed by atoms with Gasteiger partial charge >= 0.3 is 0 Å².